The fourth-order valence-corrected chi connectivity index (χ4v) is 2.83. The van der Waals surface area contributed by atoms with Crippen LogP contribution < -0.4 is 5.32 Å². The van der Waals surface area contributed by atoms with E-state index in [9.17, 15) is 18.0 Å². The molecule has 3 aromatic carbocycles. The summed E-state index contributed by atoms with van der Waals surface area (Å²) >= 11 is 0. The molecule has 0 saturated heterocycles. The van der Waals surface area contributed by atoms with Gasteiger partial charge in [0, 0.05) is 0 Å². The van der Waals surface area contributed by atoms with Crippen LogP contribution in [0.3, 0.4) is 0 Å². The van der Waals surface area contributed by atoms with Gasteiger partial charge in [0.05, 0.1) is 6.42 Å². The highest BCUT2D eigenvalue weighted by atomic mass is 19.4. The number of amides is 1. The highest BCUT2D eigenvalue weighted by Crippen LogP contribution is 2.32. The van der Waals surface area contributed by atoms with Gasteiger partial charge in [-0.25, -0.2) is 0 Å². The average Bonchev–Trinajstić information content (AvgIpc) is 2.60. The quantitative estimate of drug-likeness (QED) is 0.724. The number of carbonyl (C=O) groups excluding carboxylic acids is 1. The van der Waals surface area contributed by atoms with Gasteiger partial charge >= 0.3 is 6.18 Å². The zero-order valence-corrected chi connectivity index (χ0v) is 13.3. The first kappa shape index (κ1) is 17.0. The molecular weight excluding hydrogens is 327 g/mol. The number of hydrogen-bond donors (Lipinski definition) is 1. The van der Waals surface area contributed by atoms with E-state index in [1.54, 1.807) is 18.2 Å². The van der Waals surface area contributed by atoms with Crippen molar-refractivity contribution in [2.24, 2.45) is 0 Å². The molecule has 0 unspecified atom stereocenters. The van der Waals surface area contributed by atoms with Crippen molar-refractivity contribution >= 4 is 16.7 Å². The molecule has 3 aromatic rings. The fourth-order valence-electron chi connectivity index (χ4n) is 2.83. The number of fused-ring (bicyclic) bond motifs is 1. The van der Waals surface area contributed by atoms with Crippen LogP contribution in [0.2, 0.25) is 0 Å². The van der Waals surface area contributed by atoms with Gasteiger partial charge in [-0.3, -0.25) is 4.79 Å². The van der Waals surface area contributed by atoms with Crippen molar-refractivity contribution in [3.8, 4) is 0 Å². The first-order valence-corrected chi connectivity index (χ1v) is 7.83. The molecule has 0 aliphatic heterocycles. The van der Waals surface area contributed by atoms with Crippen LogP contribution in [0, 0.1) is 0 Å². The van der Waals surface area contributed by atoms with Crippen LogP contribution in [-0.2, 0) is 11.2 Å². The van der Waals surface area contributed by atoms with Crippen molar-refractivity contribution in [2.45, 2.75) is 18.6 Å². The molecule has 0 saturated carbocycles. The Hall–Kier alpha value is -2.82. The summed E-state index contributed by atoms with van der Waals surface area (Å²) in [5, 5.41) is 3.93. The summed E-state index contributed by atoms with van der Waals surface area (Å²) in [7, 11) is 0. The van der Waals surface area contributed by atoms with Gasteiger partial charge in [-0.15, -0.1) is 0 Å². The minimum absolute atomic E-state index is 0.0151. The number of halogens is 3. The SMILES string of the molecule is O=C(Cc1cccc2ccccc12)N[C@H](c1ccccc1)C(F)(F)F. The average molecular weight is 343 g/mol. The molecule has 0 fully saturated rings. The topological polar surface area (TPSA) is 29.1 Å². The third-order valence-electron chi connectivity index (χ3n) is 4.00. The lowest BCUT2D eigenvalue weighted by Crippen LogP contribution is -2.38. The molecule has 0 aliphatic rings. The summed E-state index contributed by atoms with van der Waals surface area (Å²) in [6.45, 7) is 0. The van der Waals surface area contributed by atoms with Gasteiger partial charge in [-0.2, -0.15) is 13.2 Å². The van der Waals surface area contributed by atoms with Gasteiger partial charge in [0.2, 0.25) is 5.91 Å². The second kappa shape index (κ2) is 6.97. The molecule has 1 amide bonds. The van der Waals surface area contributed by atoms with Crippen LogP contribution in [0.25, 0.3) is 10.8 Å². The van der Waals surface area contributed by atoms with E-state index in [4.69, 9.17) is 0 Å². The summed E-state index contributed by atoms with van der Waals surface area (Å²) < 4.78 is 40.0. The maximum atomic E-state index is 13.3. The number of alkyl halides is 3. The molecule has 0 aromatic heterocycles. The van der Waals surface area contributed by atoms with E-state index in [-0.39, 0.29) is 12.0 Å². The number of rotatable bonds is 4. The van der Waals surface area contributed by atoms with Crippen LogP contribution >= 0.6 is 0 Å². The highest BCUT2D eigenvalue weighted by molar-refractivity contribution is 5.90. The Bertz CT molecular complexity index is 869. The van der Waals surface area contributed by atoms with Crippen LogP contribution in [-0.4, -0.2) is 12.1 Å². The molecule has 1 N–H and O–H groups in total. The van der Waals surface area contributed by atoms with Gasteiger partial charge < -0.3 is 5.32 Å². The van der Waals surface area contributed by atoms with Gasteiger partial charge in [0.1, 0.15) is 0 Å². The predicted molar refractivity (Wildman–Crippen MR) is 91.0 cm³/mol. The van der Waals surface area contributed by atoms with E-state index >= 15 is 0 Å². The Morgan fingerprint density at radius 1 is 0.880 bits per heavy atom. The molecule has 1 atom stereocenters. The highest BCUT2D eigenvalue weighted by Gasteiger charge is 2.41. The normalized spacial score (nSPS) is 12.8. The maximum absolute atomic E-state index is 13.3. The lowest BCUT2D eigenvalue weighted by molar-refractivity contribution is -0.163. The van der Waals surface area contributed by atoms with Gasteiger partial charge in [-0.05, 0) is 21.9 Å². The van der Waals surface area contributed by atoms with Crippen LogP contribution in [0.5, 0.6) is 0 Å². The summed E-state index contributed by atoms with van der Waals surface area (Å²) in [4.78, 5) is 12.3. The summed E-state index contributed by atoms with van der Waals surface area (Å²) in [6.07, 6.45) is -4.67. The predicted octanol–water partition coefficient (Wildman–Crippen LogP) is 4.80. The molecule has 3 rings (SSSR count). The molecule has 0 spiro atoms. The number of hydrogen-bond acceptors (Lipinski definition) is 1. The van der Waals surface area contributed by atoms with Crippen molar-refractivity contribution in [1.82, 2.24) is 5.32 Å². The van der Waals surface area contributed by atoms with E-state index < -0.39 is 18.1 Å². The van der Waals surface area contributed by atoms with Crippen molar-refractivity contribution < 1.29 is 18.0 Å². The lowest BCUT2D eigenvalue weighted by Gasteiger charge is -2.22. The summed E-state index contributed by atoms with van der Waals surface area (Å²) in [5.41, 5.74) is 0.714. The van der Waals surface area contributed by atoms with E-state index in [0.29, 0.717) is 5.56 Å². The third kappa shape index (κ3) is 3.99. The van der Waals surface area contributed by atoms with Gasteiger partial charge in [0.25, 0.3) is 0 Å². The fraction of sp³-hybridized carbons (Fsp3) is 0.150. The number of benzene rings is 3. The molecule has 128 valence electrons. The Labute approximate surface area is 143 Å². The molecule has 0 aliphatic carbocycles. The lowest BCUT2D eigenvalue weighted by atomic mass is 10.0. The molecule has 5 heteroatoms. The Balaban J connectivity index is 1.82. The minimum Gasteiger partial charge on any atom is -0.341 e. The van der Waals surface area contributed by atoms with Crippen molar-refractivity contribution in [2.75, 3.05) is 0 Å². The first-order chi connectivity index (χ1) is 11.9. The second-order valence-electron chi connectivity index (χ2n) is 5.77. The molecule has 0 radical (unpaired) electrons. The van der Waals surface area contributed by atoms with Crippen LogP contribution in [0.1, 0.15) is 17.2 Å². The largest absolute Gasteiger partial charge is 0.412 e. The van der Waals surface area contributed by atoms with Crippen LogP contribution in [0.4, 0.5) is 13.2 Å². The van der Waals surface area contributed by atoms with E-state index in [1.165, 1.54) is 24.3 Å². The second-order valence-corrected chi connectivity index (χ2v) is 5.77. The van der Waals surface area contributed by atoms with Crippen molar-refractivity contribution in [3.05, 3.63) is 83.9 Å². The molecule has 2 nitrogen and oxygen atoms in total. The molecule has 0 bridgehead atoms. The van der Waals surface area contributed by atoms with Gasteiger partial charge in [0.15, 0.2) is 6.04 Å². The number of carbonyl (C=O) groups is 1. The number of nitrogens with one attached hydrogen (secondary N) is 1. The maximum Gasteiger partial charge on any atom is 0.412 e. The standard InChI is InChI=1S/C20H16F3NO/c21-20(22,23)19(15-8-2-1-3-9-15)24-18(25)13-16-11-6-10-14-7-4-5-12-17(14)16/h1-12,19H,13H2,(H,24,25)/t19-/m1/s1. The monoisotopic (exact) mass is 343 g/mol. The molecular formula is C20H16F3NO. The molecule has 25 heavy (non-hydrogen) atoms. The van der Waals surface area contributed by atoms with Gasteiger partial charge in [-0.1, -0.05) is 72.8 Å². The van der Waals surface area contributed by atoms with Crippen molar-refractivity contribution in [1.29, 1.82) is 0 Å². The zero-order valence-electron chi connectivity index (χ0n) is 13.3. The Kier molecular flexibility index (Phi) is 4.74. The minimum atomic E-state index is -4.56. The van der Waals surface area contributed by atoms with Crippen LogP contribution in [0.15, 0.2) is 72.8 Å². The summed E-state index contributed by atoms with van der Waals surface area (Å²) in [5.74, 6) is -0.664. The van der Waals surface area contributed by atoms with E-state index in [0.717, 1.165) is 10.8 Å². The molecule has 0 heterocycles. The smallest absolute Gasteiger partial charge is 0.341 e. The van der Waals surface area contributed by atoms with Crippen molar-refractivity contribution in [3.63, 3.8) is 0 Å². The third-order valence-corrected chi connectivity index (χ3v) is 4.00. The summed E-state index contributed by atoms with van der Waals surface area (Å²) in [6, 6.07) is 18.3. The zero-order chi connectivity index (χ0) is 17.9. The Morgan fingerprint density at radius 2 is 1.52 bits per heavy atom. The van der Waals surface area contributed by atoms with E-state index in [1.807, 2.05) is 30.3 Å². The van der Waals surface area contributed by atoms with E-state index in [2.05, 4.69) is 5.32 Å². The Morgan fingerprint density at radius 3 is 2.24 bits per heavy atom. The first-order valence-electron chi connectivity index (χ1n) is 7.83.